The zero-order chi connectivity index (χ0) is 12.4. The largest absolute Gasteiger partial charge is 0.377 e. The van der Waals surface area contributed by atoms with Crippen LogP contribution in [0.1, 0.15) is 6.92 Å². The predicted molar refractivity (Wildman–Crippen MR) is 60.7 cm³/mol. The number of halogens is 1. The van der Waals surface area contributed by atoms with Crippen LogP contribution in [0.25, 0.3) is 0 Å². The van der Waals surface area contributed by atoms with Crippen LogP contribution in [0, 0.1) is 15.9 Å². The first-order valence-corrected chi connectivity index (χ1v) is 5.38. The molecule has 1 aliphatic heterocycles. The Morgan fingerprint density at radius 2 is 2.35 bits per heavy atom. The molecule has 17 heavy (non-hydrogen) atoms. The highest BCUT2D eigenvalue weighted by Crippen LogP contribution is 2.32. The molecule has 1 aromatic carbocycles. The van der Waals surface area contributed by atoms with Crippen molar-refractivity contribution < 1.29 is 14.1 Å². The molecule has 6 heteroatoms. The van der Waals surface area contributed by atoms with E-state index in [0.717, 1.165) is 6.07 Å². The highest BCUT2D eigenvalue weighted by atomic mass is 19.1. The van der Waals surface area contributed by atoms with Gasteiger partial charge >= 0.3 is 5.69 Å². The van der Waals surface area contributed by atoms with E-state index in [-0.39, 0.29) is 6.04 Å². The number of hydrogen-bond acceptors (Lipinski definition) is 4. The van der Waals surface area contributed by atoms with Crippen LogP contribution in [-0.4, -0.2) is 30.7 Å². The summed E-state index contributed by atoms with van der Waals surface area (Å²) >= 11 is 0. The molecular weight excluding hydrogens is 227 g/mol. The van der Waals surface area contributed by atoms with Crippen LogP contribution in [0.4, 0.5) is 15.8 Å². The Kier molecular flexibility index (Phi) is 3.23. The molecule has 1 atom stereocenters. The minimum Gasteiger partial charge on any atom is -0.377 e. The van der Waals surface area contributed by atoms with Gasteiger partial charge < -0.3 is 9.64 Å². The van der Waals surface area contributed by atoms with Crippen molar-refractivity contribution in [3.63, 3.8) is 0 Å². The van der Waals surface area contributed by atoms with Crippen LogP contribution in [0.2, 0.25) is 0 Å². The Hall–Kier alpha value is -1.69. The third-order valence-electron chi connectivity index (χ3n) is 2.83. The van der Waals surface area contributed by atoms with E-state index in [1.807, 2.05) is 11.8 Å². The molecule has 0 radical (unpaired) electrons. The number of nitro groups is 1. The fraction of sp³-hybridized carbons (Fsp3) is 0.455. The second-order valence-electron chi connectivity index (χ2n) is 3.98. The second-order valence-corrected chi connectivity index (χ2v) is 3.98. The summed E-state index contributed by atoms with van der Waals surface area (Å²) in [6.45, 7) is 3.42. The van der Waals surface area contributed by atoms with E-state index in [1.54, 1.807) is 6.07 Å². The third-order valence-corrected chi connectivity index (χ3v) is 2.83. The van der Waals surface area contributed by atoms with E-state index in [0.29, 0.717) is 25.4 Å². The highest BCUT2D eigenvalue weighted by molar-refractivity contribution is 5.64. The Balaban J connectivity index is 2.43. The maximum Gasteiger partial charge on any atom is 0.327 e. The van der Waals surface area contributed by atoms with Crippen molar-refractivity contribution in [2.75, 3.05) is 24.7 Å². The van der Waals surface area contributed by atoms with Gasteiger partial charge in [0.05, 0.1) is 18.1 Å². The lowest BCUT2D eigenvalue weighted by molar-refractivity contribution is -0.386. The van der Waals surface area contributed by atoms with Gasteiger partial charge in [0.25, 0.3) is 0 Å². The van der Waals surface area contributed by atoms with Crippen molar-refractivity contribution in [1.82, 2.24) is 0 Å². The molecule has 0 spiro atoms. The van der Waals surface area contributed by atoms with E-state index in [2.05, 4.69) is 0 Å². The number of nitrogens with zero attached hydrogens (tertiary/aromatic N) is 2. The minimum atomic E-state index is -0.800. The van der Waals surface area contributed by atoms with Crippen molar-refractivity contribution in [2.24, 2.45) is 0 Å². The van der Waals surface area contributed by atoms with Crippen LogP contribution in [-0.2, 0) is 4.74 Å². The number of para-hydroxylation sites is 1. The monoisotopic (exact) mass is 240 g/mol. The normalized spacial score (nSPS) is 20.4. The molecule has 1 saturated heterocycles. The molecular formula is C11H13FN2O3. The van der Waals surface area contributed by atoms with Gasteiger partial charge in [-0.25, -0.2) is 0 Å². The van der Waals surface area contributed by atoms with Crippen molar-refractivity contribution >= 4 is 11.4 Å². The summed E-state index contributed by atoms with van der Waals surface area (Å²) in [7, 11) is 0. The van der Waals surface area contributed by atoms with Crippen molar-refractivity contribution in [1.29, 1.82) is 0 Å². The van der Waals surface area contributed by atoms with Crippen LogP contribution in [0.3, 0.4) is 0 Å². The first-order valence-electron chi connectivity index (χ1n) is 5.38. The fourth-order valence-electron chi connectivity index (χ4n) is 2.00. The third kappa shape index (κ3) is 2.21. The average molecular weight is 240 g/mol. The number of anilines is 1. The molecule has 0 aromatic heterocycles. The van der Waals surface area contributed by atoms with Crippen LogP contribution in [0.15, 0.2) is 18.2 Å². The van der Waals surface area contributed by atoms with Gasteiger partial charge in [0, 0.05) is 12.6 Å². The molecule has 1 aliphatic rings. The Labute approximate surface area is 97.9 Å². The number of hydrogen-bond donors (Lipinski definition) is 0. The quantitative estimate of drug-likeness (QED) is 0.585. The van der Waals surface area contributed by atoms with E-state index < -0.39 is 16.4 Å². The molecule has 0 amide bonds. The summed E-state index contributed by atoms with van der Waals surface area (Å²) in [5, 5.41) is 10.9. The smallest absolute Gasteiger partial charge is 0.327 e. The number of nitro benzene ring substituents is 1. The summed E-state index contributed by atoms with van der Waals surface area (Å²) < 4.78 is 18.7. The number of ether oxygens (including phenoxy) is 1. The molecule has 1 aromatic rings. The first kappa shape index (κ1) is 11.8. The standard InChI is InChI=1S/C11H13FN2O3/c1-8-7-17-6-5-13(8)10-4-2-3-9(12)11(10)14(15)16/h2-4,8H,5-7H2,1H3. The molecule has 5 nitrogen and oxygen atoms in total. The van der Waals surface area contributed by atoms with Crippen LogP contribution in [0.5, 0.6) is 0 Å². The van der Waals surface area contributed by atoms with Gasteiger partial charge in [0.1, 0.15) is 5.69 Å². The van der Waals surface area contributed by atoms with Crippen molar-refractivity contribution in [2.45, 2.75) is 13.0 Å². The molecule has 0 bridgehead atoms. The van der Waals surface area contributed by atoms with Gasteiger partial charge in [-0.05, 0) is 19.1 Å². The van der Waals surface area contributed by atoms with Gasteiger partial charge in [0.2, 0.25) is 5.82 Å². The Morgan fingerprint density at radius 1 is 1.59 bits per heavy atom. The second kappa shape index (κ2) is 4.67. The Morgan fingerprint density at radius 3 is 3.00 bits per heavy atom. The maximum atomic E-state index is 13.5. The summed E-state index contributed by atoms with van der Waals surface area (Å²) in [4.78, 5) is 12.0. The molecule has 1 unspecified atom stereocenters. The zero-order valence-corrected chi connectivity index (χ0v) is 9.43. The van der Waals surface area contributed by atoms with Crippen LogP contribution >= 0.6 is 0 Å². The molecule has 2 rings (SSSR count). The molecule has 0 N–H and O–H groups in total. The summed E-state index contributed by atoms with van der Waals surface area (Å²) in [6, 6.07) is 4.17. The lowest BCUT2D eigenvalue weighted by Crippen LogP contribution is -2.44. The first-order chi connectivity index (χ1) is 8.11. The predicted octanol–water partition coefficient (Wildman–Crippen LogP) is 1.96. The number of rotatable bonds is 2. The summed E-state index contributed by atoms with van der Waals surface area (Å²) in [5.41, 5.74) is -0.132. The summed E-state index contributed by atoms with van der Waals surface area (Å²) in [6.07, 6.45) is 0. The summed E-state index contributed by atoms with van der Waals surface area (Å²) in [5.74, 6) is -0.800. The van der Waals surface area contributed by atoms with Gasteiger partial charge in [-0.2, -0.15) is 4.39 Å². The average Bonchev–Trinajstić information content (AvgIpc) is 2.28. The van der Waals surface area contributed by atoms with Crippen molar-refractivity contribution in [3.8, 4) is 0 Å². The van der Waals surface area contributed by atoms with Gasteiger partial charge in [0.15, 0.2) is 0 Å². The molecule has 1 heterocycles. The highest BCUT2D eigenvalue weighted by Gasteiger charge is 2.28. The lowest BCUT2D eigenvalue weighted by Gasteiger charge is -2.34. The lowest BCUT2D eigenvalue weighted by atomic mass is 10.1. The van der Waals surface area contributed by atoms with Crippen LogP contribution < -0.4 is 4.90 Å². The van der Waals surface area contributed by atoms with Crippen molar-refractivity contribution in [3.05, 3.63) is 34.1 Å². The van der Waals surface area contributed by atoms with Gasteiger partial charge in [-0.15, -0.1) is 0 Å². The molecule has 92 valence electrons. The molecule has 0 saturated carbocycles. The van der Waals surface area contributed by atoms with E-state index in [4.69, 9.17) is 4.74 Å². The fourth-order valence-corrected chi connectivity index (χ4v) is 2.00. The number of benzene rings is 1. The minimum absolute atomic E-state index is 0.00394. The molecule has 0 aliphatic carbocycles. The van der Waals surface area contributed by atoms with Gasteiger partial charge in [-0.1, -0.05) is 6.07 Å². The maximum absolute atomic E-state index is 13.5. The zero-order valence-electron chi connectivity index (χ0n) is 9.43. The topological polar surface area (TPSA) is 55.6 Å². The Bertz CT molecular complexity index is 439. The molecule has 1 fully saturated rings. The SMILES string of the molecule is CC1COCCN1c1cccc(F)c1[N+](=O)[O-]. The van der Waals surface area contributed by atoms with E-state index in [9.17, 15) is 14.5 Å². The van der Waals surface area contributed by atoms with E-state index in [1.165, 1.54) is 6.07 Å². The van der Waals surface area contributed by atoms with E-state index >= 15 is 0 Å². The van der Waals surface area contributed by atoms with Gasteiger partial charge in [-0.3, -0.25) is 10.1 Å². The number of morpholine rings is 1.